The number of carbonyl (C=O) groups is 2. The van der Waals surface area contributed by atoms with E-state index in [4.69, 9.17) is 10.8 Å². The van der Waals surface area contributed by atoms with Gasteiger partial charge in [0.1, 0.15) is 0 Å². The SMILES string of the molecule is CC(=O)NCCC#Cc1cccc(N)c1C(=O)O. The molecule has 1 rings (SSSR count). The molecule has 0 fully saturated rings. The highest BCUT2D eigenvalue weighted by molar-refractivity contribution is 5.96. The molecule has 0 atom stereocenters. The van der Waals surface area contributed by atoms with Crippen molar-refractivity contribution in [2.24, 2.45) is 0 Å². The molecule has 0 aliphatic rings. The second-order valence-electron chi connectivity index (χ2n) is 3.61. The molecule has 0 aliphatic carbocycles. The van der Waals surface area contributed by atoms with Crippen molar-refractivity contribution in [1.82, 2.24) is 5.32 Å². The Morgan fingerprint density at radius 1 is 1.44 bits per heavy atom. The van der Waals surface area contributed by atoms with Crippen LogP contribution in [-0.4, -0.2) is 23.5 Å². The van der Waals surface area contributed by atoms with Gasteiger partial charge >= 0.3 is 5.97 Å². The highest BCUT2D eigenvalue weighted by Crippen LogP contribution is 2.15. The molecule has 0 heterocycles. The molecule has 5 heteroatoms. The molecule has 1 amide bonds. The molecule has 5 nitrogen and oxygen atoms in total. The zero-order valence-electron chi connectivity index (χ0n) is 9.99. The summed E-state index contributed by atoms with van der Waals surface area (Å²) in [7, 11) is 0. The van der Waals surface area contributed by atoms with Gasteiger partial charge < -0.3 is 16.2 Å². The first kappa shape index (κ1) is 13.6. The smallest absolute Gasteiger partial charge is 0.339 e. The van der Waals surface area contributed by atoms with E-state index in [1.165, 1.54) is 13.0 Å². The minimum atomic E-state index is -1.10. The molecule has 0 aliphatic heterocycles. The van der Waals surface area contributed by atoms with Crippen LogP contribution in [0.1, 0.15) is 29.3 Å². The number of hydrogen-bond acceptors (Lipinski definition) is 3. The Balaban J connectivity index is 2.79. The van der Waals surface area contributed by atoms with Gasteiger partial charge in [-0.05, 0) is 12.1 Å². The topological polar surface area (TPSA) is 92.4 Å². The molecule has 0 saturated heterocycles. The van der Waals surface area contributed by atoms with Crippen LogP contribution in [0.15, 0.2) is 18.2 Å². The highest BCUT2D eigenvalue weighted by Gasteiger charge is 2.11. The van der Waals surface area contributed by atoms with E-state index in [2.05, 4.69) is 17.2 Å². The van der Waals surface area contributed by atoms with Crippen LogP contribution in [0.3, 0.4) is 0 Å². The minimum absolute atomic E-state index is 0.0181. The lowest BCUT2D eigenvalue weighted by molar-refractivity contribution is -0.118. The molecule has 0 unspecified atom stereocenters. The molecule has 0 bridgehead atoms. The Morgan fingerprint density at radius 2 is 2.17 bits per heavy atom. The minimum Gasteiger partial charge on any atom is -0.478 e. The summed E-state index contributed by atoms with van der Waals surface area (Å²) in [4.78, 5) is 21.6. The van der Waals surface area contributed by atoms with E-state index >= 15 is 0 Å². The fourth-order valence-corrected chi connectivity index (χ4v) is 1.37. The van der Waals surface area contributed by atoms with Crippen LogP contribution >= 0.6 is 0 Å². The molecule has 94 valence electrons. The van der Waals surface area contributed by atoms with Gasteiger partial charge in [-0.25, -0.2) is 4.79 Å². The molecule has 1 aromatic rings. The summed E-state index contributed by atoms with van der Waals surface area (Å²) in [5, 5.41) is 11.6. The van der Waals surface area contributed by atoms with Crippen LogP contribution in [-0.2, 0) is 4.79 Å². The number of nitrogens with two attached hydrogens (primary N) is 1. The first-order valence-electron chi connectivity index (χ1n) is 5.37. The zero-order chi connectivity index (χ0) is 13.5. The fourth-order valence-electron chi connectivity index (χ4n) is 1.37. The Labute approximate surface area is 105 Å². The Morgan fingerprint density at radius 3 is 2.78 bits per heavy atom. The summed E-state index contributed by atoms with van der Waals surface area (Å²) in [5.41, 5.74) is 6.18. The molecule has 4 N–H and O–H groups in total. The van der Waals surface area contributed by atoms with Crippen LogP contribution in [0.4, 0.5) is 5.69 Å². The first-order chi connectivity index (χ1) is 8.52. The van der Waals surface area contributed by atoms with Crippen LogP contribution in [0.25, 0.3) is 0 Å². The van der Waals surface area contributed by atoms with Crippen molar-refractivity contribution >= 4 is 17.6 Å². The lowest BCUT2D eigenvalue weighted by atomic mass is 10.1. The second-order valence-corrected chi connectivity index (χ2v) is 3.61. The molecule has 0 saturated carbocycles. The number of benzene rings is 1. The molecule has 0 radical (unpaired) electrons. The van der Waals surface area contributed by atoms with Gasteiger partial charge in [0.15, 0.2) is 0 Å². The van der Waals surface area contributed by atoms with E-state index in [0.717, 1.165) is 0 Å². The Kier molecular flexibility index (Phi) is 4.76. The summed E-state index contributed by atoms with van der Waals surface area (Å²) < 4.78 is 0. The third-order valence-electron chi connectivity index (χ3n) is 2.16. The number of carboxylic acid groups (broad SMARTS) is 1. The quantitative estimate of drug-likeness (QED) is 0.418. The maximum atomic E-state index is 11.0. The number of rotatable bonds is 3. The lowest BCUT2D eigenvalue weighted by Gasteiger charge is -2.02. The molecule has 18 heavy (non-hydrogen) atoms. The zero-order valence-corrected chi connectivity index (χ0v) is 9.99. The summed E-state index contributed by atoms with van der Waals surface area (Å²) in [6.07, 6.45) is 0.452. The number of carbonyl (C=O) groups excluding carboxylic acids is 1. The van der Waals surface area contributed by atoms with E-state index in [1.54, 1.807) is 12.1 Å². The van der Waals surface area contributed by atoms with Gasteiger partial charge in [0.25, 0.3) is 0 Å². The number of nitrogen functional groups attached to an aromatic ring is 1. The van der Waals surface area contributed by atoms with Gasteiger partial charge in [-0.2, -0.15) is 0 Å². The number of anilines is 1. The Hall–Kier alpha value is -2.48. The van der Waals surface area contributed by atoms with E-state index in [0.29, 0.717) is 18.5 Å². The maximum absolute atomic E-state index is 11.0. The van der Waals surface area contributed by atoms with Crippen molar-refractivity contribution in [1.29, 1.82) is 0 Å². The van der Waals surface area contributed by atoms with Crippen molar-refractivity contribution < 1.29 is 14.7 Å². The van der Waals surface area contributed by atoms with Crippen LogP contribution < -0.4 is 11.1 Å². The van der Waals surface area contributed by atoms with Gasteiger partial charge in [0, 0.05) is 31.1 Å². The van der Waals surface area contributed by atoms with E-state index in [1.807, 2.05) is 0 Å². The van der Waals surface area contributed by atoms with Crippen molar-refractivity contribution in [3.8, 4) is 11.8 Å². The molecule has 0 spiro atoms. The van der Waals surface area contributed by atoms with Crippen molar-refractivity contribution in [3.05, 3.63) is 29.3 Å². The third kappa shape index (κ3) is 3.83. The summed E-state index contributed by atoms with van der Waals surface area (Å²) in [6, 6.07) is 4.77. The van der Waals surface area contributed by atoms with Gasteiger partial charge in [0.2, 0.25) is 5.91 Å². The largest absolute Gasteiger partial charge is 0.478 e. The first-order valence-corrected chi connectivity index (χ1v) is 5.37. The monoisotopic (exact) mass is 246 g/mol. The number of amides is 1. The molecular weight excluding hydrogens is 232 g/mol. The highest BCUT2D eigenvalue weighted by atomic mass is 16.4. The fraction of sp³-hybridized carbons (Fsp3) is 0.231. The van der Waals surface area contributed by atoms with Gasteiger partial charge in [-0.1, -0.05) is 17.9 Å². The van der Waals surface area contributed by atoms with E-state index in [-0.39, 0.29) is 17.2 Å². The van der Waals surface area contributed by atoms with Crippen LogP contribution in [0.2, 0.25) is 0 Å². The summed E-state index contributed by atoms with van der Waals surface area (Å²) >= 11 is 0. The standard InChI is InChI=1S/C13H14N2O3/c1-9(16)15-8-3-2-5-10-6-4-7-11(14)12(10)13(17)18/h4,6-7H,3,8,14H2,1H3,(H,15,16)(H,17,18). The number of aromatic carboxylic acids is 1. The normalized spacial score (nSPS) is 9.17. The summed E-state index contributed by atoms with van der Waals surface area (Å²) in [5.74, 6) is 4.33. The van der Waals surface area contributed by atoms with Gasteiger partial charge in [-0.3, -0.25) is 4.79 Å². The second kappa shape index (κ2) is 6.30. The Bertz CT molecular complexity index is 527. The molecule has 1 aromatic carbocycles. The lowest BCUT2D eigenvalue weighted by Crippen LogP contribution is -2.20. The van der Waals surface area contributed by atoms with Crippen molar-refractivity contribution in [2.75, 3.05) is 12.3 Å². The van der Waals surface area contributed by atoms with Crippen molar-refractivity contribution in [3.63, 3.8) is 0 Å². The van der Waals surface area contributed by atoms with Crippen molar-refractivity contribution in [2.45, 2.75) is 13.3 Å². The number of carboxylic acids is 1. The average Bonchev–Trinajstić information content (AvgIpc) is 2.27. The molecular formula is C13H14N2O3. The maximum Gasteiger partial charge on any atom is 0.339 e. The predicted molar refractivity (Wildman–Crippen MR) is 68.0 cm³/mol. The van der Waals surface area contributed by atoms with E-state index in [9.17, 15) is 9.59 Å². The number of nitrogens with one attached hydrogen (secondary N) is 1. The van der Waals surface area contributed by atoms with Crippen LogP contribution in [0, 0.1) is 11.8 Å². The third-order valence-corrected chi connectivity index (χ3v) is 2.16. The van der Waals surface area contributed by atoms with Gasteiger partial charge in [-0.15, -0.1) is 0 Å². The van der Waals surface area contributed by atoms with E-state index < -0.39 is 5.97 Å². The molecule has 0 aromatic heterocycles. The van der Waals surface area contributed by atoms with Crippen LogP contribution in [0.5, 0.6) is 0 Å². The van der Waals surface area contributed by atoms with Gasteiger partial charge in [0.05, 0.1) is 5.56 Å². The summed E-state index contributed by atoms with van der Waals surface area (Å²) in [6.45, 7) is 1.86. The predicted octanol–water partition coefficient (Wildman–Crippen LogP) is 0.845. The average molecular weight is 246 g/mol. The number of hydrogen-bond donors (Lipinski definition) is 3.